The van der Waals surface area contributed by atoms with Crippen molar-refractivity contribution in [3.05, 3.63) is 24.3 Å². The molecule has 0 heterocycles. The summed E-state index contributed by atoms with van der Waals surface area (Å²) in [6.45, 7) is 0. The molecular weight excluding hydrogens is 208 g/mol. The van der Waals surface area contributed by atoms with Crippen LogP contribution in [0.25, 0.3) is 0 Å². The van der Waals surface area contributed by atoms with E-state index in [9.17, 15) is 8.42 Å². The van der Waals surface area contributed by atoms with E-state index in [4.69, 9.17) is 5.14 Å². The highest BCUT2D eigenvalue weighted by Crippen LogP contribution is 2.24. The molecule has 0 bridgehead atoms. The van der Waals surface area contributed by atoms with Gasteiger partial charge in [0.2, 0.25) is 0 Å². The van der Waals surface area contributed by atoms with Crippen molar-refractivity contribution in [2.24, 2.45) is 5.14 Å². The van der Waals surface area contributed by atoms with E-state index in [0.29, 0.717) is 5.69 Å². The van der Waals surface area contributed by atoms with Crippen LogP contribution in [0, 0.1) is 0 Å². The zero-order valence-electron chi connectivity index (χ0n) is 7.02. The molecular formula is C7H10N2O2S2. The summed E-state index contributed by atoms with van der Waals surface area (Å²) < 4.78 is 23.7. The fraction of sp³-hybridized carbons (Fsp3) is 0.143. The number of benzene rings is 1. The van der Waals surface area contributed by atoms with E-state index in [1.165, 1.54) is 11.8 Å². The molecule has 0 saturated heterocycles. The van der Waals surface area contributed by atoms with Crippen molar-refractivity contribution < 1.29 is 8.42 Å². The molecule has 3 N–H and O–H groups in total. The van der Waals surface area contributed by atoms with Crippen LogP contribution in [0.4, 0.5) is 5.69 Å². The maximum atomic E-state index is 10.7. The van der Waals surface area contributed by atoms with Gasteiger partial charge in [-0.15, -0.1) is 11.8 Å². The molecule has 0 saturated carbocycles. The third-order valence-corrected chi connectivity index (χ3v) is 2.66. The molecule has 72 valence electrons. The summed E-state index contributed by atoms with van der Waals surface area (Å²) in [5.74, 6) is 0. The van der Waals surface area contributed by atoms with Gasteiger partial charge in [-0.25, -0.2) is 5.14 Å². The summed E-state index contributed by atoms with van der Waals surface area (Å²) in [6, 6.07) is 7.06. The van der Waals surface area contributed by atoms with Gasteiger partial charge in [-0.3, -0.25) is 4.72 Å². The highest BCUT2D eigenvalue weighted by Gasteiger charge is 2.05. The van der Waals surface area contributed by atoms with E-state index in [2.05, 4.69) is 4.72 Å². The van der Waals surface area contributed by atoms with Gasteiger partial charge in [-0.2, -0.15) is 8.42 Å². The molecule has 13 heavy (non-hydrogen) atoms. The first-order valence-corrected chi connectivity index (χ1v) is 6.23. The number of para-hydroxylation sites is 1. The predicted molar refractivity (Wildman–Crippen MR) is 55.0 cm³/mol. The Hall–Kier alpha value is -0.720. The number of thioether (sulfide) groups is 1. The van der Waals surface area contributed by atoms with Crippen molar-refractivity contribution in [3.8, 4) is 0 Å². The molecule has 0 radical (unpaired) electrons. The fourth-order valence-electron chi connectivity index (χ4n) is 0.882. The standard InChI is InChI=1S/C7H10N2O2S2/c1-12-7-5-3-2-4-6(7)9-13(8,10)11/h2-5,9H,1H3,(H2,8,10,11). The summed E-state index contributed by atoms with van der Waals surface area (Å²) in [5, 5.41) is 4.84. The average molecular weight is 218 g/mol. The molecule has 1 rings (SSSR count). The van der Waals surface area contributed by atoms with Gasteiger partial charge in [0.05, 0.1) is 5.69 Å². The van der Waals surface area contributed by atoms with Crippen LogP contribution in [-0.2, 0) is 10.2 Å². The van der Waals surface area contributed by atoms with Crippen LogP contribution < -0.4 is 9.86 Å². The van der Waals surface area contributed by atoms with E-state index in [-0.39, 0.29) is 0 Å². The van der Waals surface area contributed by atoms with E-state index >= 15 is 0 Å². The maximum Gasteiger partial charge on any atom is 0.296 e. The van der Waals surface area contributed by atoms with Crippen LogP contribution in [-0.4, -0.2) is 14.7 Å². The predicted octanol–water partition coefficient (Wildman–Crippen LogP) is 1.02. The van der Waals surface area contributed by atoms with Gasteiger partial charge in [0, 0.05) is 4.90 Å². The minimum atomic E-state index is -3.67. The number of nitrogens with two attached hydrogens (primary N) is 1. The quantitative estimate of drug-likeness (QED) is 0.744. The zero-order valence-corrected chi connectivity index (χ0v) is 8.65. The fourth-order valence-corrected chi connectivity index (χ4v) is 1.98. The Morgan fingerprint density at radius 1 is 1.38 bits per heavy atom. The number of rotatable bonds is 3. The van der Waals surface area contributed by atoms with Gasteiger partial charge in [0.25, 0.3) is 10.2 Å². The highest BCUT2D eigenvalue weighted by atomic mass is 32.2. The van der Waals surface area contributed by atoms with Gasteiger partial charge in [-0.1, -0.05) is 12.1 Å². The van der Waals surface area contributed by atoms with Crippen LogP contribution in [0.3, 0.4) is 0 Å². The highest BCUT2D eigenvalue weighted by molar-refractivity contribution is 7.98. The smallest absolute Gasteiger partial charge is 0.270 e. The molecule has 0 unspecified atom stereocenters. The Labute approximate surface area is 81.7 Å². The van der Waals surface area contributed by atoms with Crippen molar-refractivity contribution in [2.45, 2.75) is 4.90 Å². The largest absolute Gasteiger partial charge is 0.296 e. The zero-order chi connectivity index (χ0) is 9.90. The average Bonchev–Trinajstić information content (AvgIpc) is 2.02. The number of nitrogens with one attached hydrogen (secondary N) is 1. The van der Waals surface area contributed by atoms with E-state index in [1.807, 2.05) is 18.4 Å². The van der Waals surface area contributed by atoms with E-state index in [0.717, 1.165) is 4.90 Å². The molecule has 0 fully saturated rings. The van der Waals surface area contributed by atoms with Gasteiger partial charge >= 0.3 is 0 Å². The number of hydrogen-bond donors (Lipinski definition) is 2. The number of anilines is 1. The molecule has 0 aliphatic rings. The monoisotopic (exact) mass is 218 g/mol. The Bertz CT molecular complexity index is 389. The van der Waals surface area contributed by atoms with Crippen molar-refractivity contribution >= 4 is 27.7 Å². The van der Waals surface area contributed by atoms with Crippen LogP contribution in [0.2, 0.25) is 0 Å². The molecule has 1 aromatic rings. The van der Waals surface area contributed by atoms with Crippen LogP contribution >= 0.6 is 11.8 Å². The summed E-state index contributed by atoms with van der Waals surface area (Å²) in [7, 11) is -3.67. The van der Waals surface area contributed by atoms with Crippen LogP contribution in [0.1, 0.15) is 0 Å². The molecule has 6 heteroatoms. The number of hydrogen-bond acceptors (Lipinski definition) is 3. The van der Waals surface area contributed by atoms with Crippen molar-refractivity contribution in [1.82, 2.24) is 0 Å². The SMILES string of the molecule is CSc1ccccc1NS(N)(=O)=O. The van der Waals surface area contributed by atoms with Gasteiger partial charge < -0.3 is 0 Å². The summed E-state index contributed by atoms with van der Waals surface area (Å²) in [5.41, 5.74) is 0.512. The normalized spacial score (nSPS) is 11.2. The van der Waals surface area contributed by atoms with Crippen LogP contribution in [0.5, 0.6) is 0 Å². The van der Waals surface area contributed by atoms with Gasteiger partial charge in [0.15, 0.2) is 0 Å². The van der Waals surface area contributed by atoms with E-state index < -0.39 is 10.2 Å². The minimum absolute atomic E-state index is 0.512. The lowest BCUT2D eigenvalue weighted by molar-refractivity contribution is 0.603. The lowest BCUT2D eigenvalue weighted by Crippen LogP contribution is -2.21. The lowest BCUT2D eigenvalue weighted by atomic mass is 10.3. The molecule has 0 aliphatic carbocycles. The van der Waals surface area contributed by atoms with Crippen molar-refractivity contribution in [2.75, 3.05) is 11.0 Å². The Morgan fingerprint density at radius 2 is 2.00 bits per heavy atom. The van der Waals surface area contributed by atoms with Gasteiger partial charge in [-0.05, 0) is 18.4 Å². The molecule has 0 aromatic heterocycles. The summed E-state index contributed by atoms with van der Waals surface area (Å²) in [4.78, 5) is 0.844. The minimum Gasteiger partial charge on any atom is -0.270 e. The van der Waals surface area contributed by atoms with Crippen molar-refractivity contribution in [3.63, 3.8) is 0 Å². The summed E-state index contributed by atoms with van der Waals surface area (Å²) in [6.07, 6.45) is 1.86. The Balaban J connectivity index is 3.01. The first-order valence-electron chi connectivity index (χ1n) is 3.46. The first-order chi connectivity index (χ1) is 6.03. The molecule has 0 atom stereocenters. The lowest BCUT2D eigenvalue weighted by Gasteiger charge is -2.07. The first kappa shape index (κ1) is 10.4. The van der Waals surface area contributed by atoms with Crippen molar-refractivity contribution in [1.29, 1.82) is 0 Å². The molecule has 4 nitrogen and oxygen atoms in total. The molecule has 0 spiro atoms. The Kier molecular flexibility index (Phi) is 3.18. The topological polar surface area (TPSA) is 72.2 Å². The van der Waals surface area contributed by atoms with Crippen LogP contribution in [0.15, 0.2) is 29.2 Å². The molecule has 0 amide bonds. The summed E-state index contributed by atoms with van der Waals surface area (Å²) >= 11 is 1.45. The molecule has 1 aromatic carbocycles. The second-order valence-electron chi connectivity index (χ2n) is 2.35. The third kappa shape index (κ3) is 3.25. The Morgan fingerprint density at radius 3 is 2.54 bits per heavy atom. The van der Waals surface area contributed by atoms with Gasteiger partial charge in [0.1, 0.15) is 0 Å². The second kappa shape index (κ2) is 3.99. The molecule has 0 aliphatic heterocycles. The second-order valence-corrected chi connectivity index (χ2v) is 4.49. The van der Waals surface area contributed by atoms with E-state index in [1.54, 1.807) is 12.1 Å². The third-order valence-electron chi connectivity index (χ3n) is 1.36. The maximum absolute atomic E-state index is 10.7.